The molecule has 8 heteroatoms. The lowest BCUT2D eigenvalue weighted by Gasteiger charge is -2.22. The maximum absolute atomic E-state index is 13.7. The van der Waals surface area contributed by atoms with E-state index in [1.807, 2.05) is 6.92 Å². The average molecular weight is 334 g/mol. The Labute approximate surface area is 131 Å². The number of hydrogen-bond acceptors (Lipinski definition) is 2. The number of nitrogens with one attached hydrogen (secondary N) is 1. The van der Waals surface area contributed by atoms with Crippen molar-refractivity contribution in [1.29, 1.82) is 0 Å². The minimum Gasteiger partial charge on any atom is -0.377 e. The van der Waals surface area contributed by atoms with E-state index in [9.17, 15) is 22.4 Å². The number of rotatable bonds is 2. The fraction of sp³-hybridized carbons (Fsp3) is 0.533. The number of hydrogen-bond donors (Lipinski definition) is 1. The van der Waals surface area contributed by atoms with Crippen LogP contribution in [0.1, 0.15) is 24.5 Å². The molecule has 1 unspecified atom stereocenters. The minimum atomic E-state index is -4.59. The van der Waals surface area contributed by atoms with Crippen molar-refractivity contribution in [3.05, 3.63) is 35.1 Å². The second-order valence-electron chi connectivity index (χ2n) is 5.44. The molecule has 1 aliphatic heterocycles. The molecule has 1 aliphatic rings. The number of carbonyl (C=O) groups is 1. The first-order valence-corrected chi connectivity index (χ1v) is 7.27. The van der Waals surface area contributed by atoms with Gasteiger partial charge < -0.3 is 15.0 Å². The summed E-state index contributed by atoms with van der Waals surface area (Å²) in [6.07, 6.45) is -3.98. The van der Waals surface area contributed by atoms with Gasteiger partial charge in [0.15, 0.2) is 0 Å². The van der Waals surface area contributed by atoms with Crippen LogP contribution >= 0.6 is 0 Å². The Morgan fingerprint density at radius 2 is 2.17 bits per heavy atom. The molecular formula is C15H18F4N2O2. The van der Waals surface area contributed by atoms with Crippen LogP contribution in [0.25, 0.3) is 0 Å². The summed E-state index contributed by atoms with van der Waals surface area (Å²) >= 11 is 0. The summed E-state index contributed by atoms with van der Waals surface area (Å²) in [6.45, 7) is 3.18. The molecule has 4 nitrogen and oxygen atoms in total. The second kappa shape index (κ2) is 7.16. The molecule has 1 aromatic rings. The highest BCUT2D eigenvalue weighted by Crippen LogP contribution is 2.30. The van der Waals surface area contributed by atoms with Crippen LogP contribution in [0.2, 0.25) is 0 Å². The lowest BCUT2D eigenvalue weighted by molar-refractivity contribution is -0.137. The van der Waals surface area contributed by atoms with E-state index in [-0.39, 0.29) is 24.2 Å². The molecule has 2 rings (SSSR count). The van der Waals surface area contributed by atoms with E-state index in [4.69, 9.17) is 4.74 Å². The molecule has 1 heterocycles. The van der Waals surface area contributed by atoms with Crippen molar-refractivity contribution in [2.45, 2.75) is 32.2 Å². The molecule has 1 saturated heterocycles. The molecule has 0 aromatic heterocycles. The third-order valence-electron chi connectivity index (χ3n) is 3.55. The third-order valence-corrected chi connectivity index (χ3v) is 3.55. The summed E-state index contributed by atoms with van der Waals surface area (Å²) in [5.41, 5.74) is -1.05. The number of amides is 2. The first-order chi connectivity index (χ1) is 10.8. The summed E-state index contributed by atoms with van der Waals surface area (Å²) in [5.74, 6) is -0.993. The number of carbonyl (C=O) groups excluding carboxylic acids is 1. The normalized spacial score (nSPS) is 19.3. The first kappa shape index (κ1) is 17.5. The van der Waals surface area contributed by atoms with Gasteiger partial charge in [0.2, 0.25) is 0 Å². The van der Waals surface area contributed by atoms with Crippen LogP contribution in [0.5, 0.6) is 0 Å². The van der Waals surface area contributed by atoms with Crippen LogP contribution in [0.15, 0.2) is 18.2 Å². The fourth-order valence-electron chi connectivity index (χ4n) is 2.33. The minimum absolute atomic E-state index is 0.00507. The topological polar surface area (TPSA) is 41.6 Å². The van der Waals surface area contributed by atoms with Gasteiger partial charge in [0.1, 0.15) is 5.82 Å². The molecule has 1 atom stereocenters. The van der Waals surface area contributed by atoms with E-state index >= 15 is 0 Å². The van der Waals surface area contributed by atoms with Crippen LogP contribution < -0.4 is 5.32 Å². The Bertz CT molecular complexity index is 563. The largest absolute Gasteiger partial charge is 0.416 e. The molecule has 0 radical (unpaired) electrons. The van der Waals surface area contributed by atoms with Gasteiger partial charge in [-0.3, -0.25) is 0 Å². The van der Waals surface area contributed by atoms with Crippen LogP contribution in [0.3, 0.4) is 0 Å². The van der Waals surface area contributed by atoms with Crippen molar-refractivity contribution in [1.82, 2.24) is 10.2 Å². The zero-order valence-electron chi connectivity index (χ0n) is 12.6. The van der Waals surface area contributed by atoms with E-state index < -0.39 is 17.6 Å². The monoisotopic (exact) mass is 334 g/mol. The van der Waals surface area contributed by atoms with Gasteiger partial charge in [-0.1, -0.05) is 6.07 Å². The fourth-order valence-corrected chi connectivity index (χ4v) is 2.33. The molecule has 0 saturated carbocycles. The molecule has 1 N–H and O–H groups in total. The van der Waals surface area contributed by atoms with Gasteiger partial charge in [-0.05, 0) is 25.5 Å². The molecule has 23 heavy (non-hydrogen) atoms. The number of ether oxygens (including phenoxy) is 1. The standard InChI is InChI=1S/C15H18F4N2O2/c1-10-9-21(5-2-6-23-10)14(22)20-8-11-3-4-12(7-13(11)16)15(17,18)19/h3-4,7,10H,2,5-6,8-9H2,1H3,(H,20,22). The third kappa shape index (κ3) is 4.82. The van der Waals surface area contributed by atoms with Crippen LogP contribution in [-0.2, 0) is 17.5 Å². The Morgan fingerprint density at radius 3 is 2.83 bits per heavy atom. The highest BCUT2D eigenvalue weighted by molar-refractivity contribution is 5.74. The zero-order chi connectivity index (χ0) is 17.0. The van der Waals surface area contributed by atoms with Crippen molar-refractivity contribution in [2.24, 2.45) is 0 Å². The maximum atomic E-state index is 13.7. The van der Waals surface area contributed by atoms with E-state index in [0.29, 0.717) is 32.2 Å². The van der Waals surface area contributed by atoms with E-state index in [0.717, 1.165) is 12.1 Å². The summed E-state index contributed by atoms with van der Waals surface area (Å²) in [4.78, 5) is 13.6. The molecular weight excluding hydrogens is 316 g/mol. The second-order valence-corrected chi connectivity index (χ2v) is 5.44. The van der Waals surface area contributed by atoms with Gasteiger partial charge in [-0.25, -0.2) is 9.18 Å². The first-order valence-electron chi connectivity index (χ1n) is 7.27. The number of halogens is 4. The molecule has 0 spiro atoms. The van der Waals surface area contributed by atoms with Crippen LogP contribution in [-0.4, -0.2) is 36.7 Å². The van der Waals surface area contributed by atoms with Gasteiger partial charge in [0.05, 0.1) is 11.7 Å². The van der Waals surface area contributed by atoms with E-state index in [1.54, 1.807) is 4.90 Å². The average Bonchev–Trinajstić information content (AvgIpc) is 2.69. The van der Waals surface area contributed by atoms with E-state index in [2.05, 4.69) is 5.32 Å². The Hall–Kier alpha value is -1.83. The molecule has 128 valence electrons. The van der Waals surface area contributed by atoms with Gasteiger partial charge >= 0.3 is 12.2 Å². The van der Waals surface area contributed by atoms with Crippen molar-refractivity contribution < 1.29 is 27.1 Å². The smallest absolute Gasteiger partial charge is 0.377 e. The zero-order valence-corrected chi connectivity index (χ0v) is 12.6. The van der Waals surface area contributed by atoms with Crippen molar-refractivity contribution >= 4 is 6.03 Å². The number of alkyl halides is 3. The number of benzene rings is 1. The highest BCUT2D eigenvalue weighted by Gasteiger charge is 2.31. The Kier molecular flexibility index (Phi) is 5.46. The van der Waals surface area contributed by atoms with Crippen molar-refractivity contribution in [3.8, 4) is 0 Å². The van der Waals surface area contributed by atoms with Gasteiger partial charge in [0, 0.05) is 31.8 Å². The highest BCUT2D eigenvalue weighted by atomic mass is 19.4. The predicted octanol–water partition coefficient (Wildman–Crippen LogP) is 3.16. The van der Waals surface area contributed by atoms with Gasteiger partial charge in [0.25, 0.3) is 0 Å². The van der Waals surface area contributed by atoms with Crippen LogP contribution in [0.4, 0.5) is 22.4 Å². The number of nitrogens with zero attached hydrogens (tertiary/aromatic N) is 1. The van der Waals surface area contributed by atoms with Crippen molar-refractivity contribution in [3.63, 3.8) is 0 Å². The molecule has 1 aromatic carbocycles. The quantitative estimate of drug-likeness (QED) is 0.844. The van der Waals surface area contributed by atoms with E-state index in [1.165, 1.54) is 0 Å². The van der Waals surface area contributed by atoms with Gasteiger partial charge in [-0.2, -0.15) is 13.2 Å². The summed E-state index contributed by atoms with van der Waals surface area (Å²) < 4.78 is 56.6. The maximum Gasteiger partial charge on any atom is 0.416 e. The molecule has 0 bridgehead atoms. The molecule has 1 fully saturated rings. The SMILES string of the molecule is CC1CN(C(=O)NCc2ccc(C(F)(F)F)cc2F)CCCO1. The Morgan fingerprint density at radius 1 is 1.43 bits per heavy atom. The van der Waals surface area contributed by atoms with Crippen LogP contribution in [0, 0.1) is 5.82 Å². The lowest BCUT2D eigenvalue weighted by atomic mass is 10.1. The predicted molar refractivity (Wildman–Crippen MR) is 75.2 cm³/mol. The summed E-state index contributed by atoms with van der Waals surface area (Å²) in [5, 5.41) is 2.53. The molecule has 0 aliphatic carbocycles. The van der Waals surface area contributed by atoms with Gasteiger partial charge in [-0.15, -0.1) is 0 Å². The molecule has 2 amide bonds. The summed E-state index contributed by atoms with van der Waals surface area (Å²) in [6, 6.07) is 1.88. The van der Waals surface area contributed by atoms with Crippen molar-refractivity contribution in [2.75, 3.05) is 19.7 Å². The summed E-state index contributed by atoms with van der Waals surface area (Å²) in [7, 11) is 0. The number of urea groups is 1. The lowest BCUT2D eigenvalue weighted by Crippen LogP contribution is -2.42. The Balaban J connectivity index is 1.96.